The molecule has 0 aromatic carbocycles. The van der Waals surface area contributed by atoms with Crippen molar-refractivity contribution < 1.29 is 37.6 Å². The van der Waals surface area contributed by atoms with Crippen LogP contribution in [0.4, 0.5) is 0 Å². The Kier molecular flexibility index (Phi) is 68.8. The zero-order valence-electron chi connectivity index (χ0n) is 3.65. The van der Waals surface area contributed by atoms with Crippen molar-refractivity contribution in [3.8, 4) is 0 Å². The molecule has 0 rings (SSSR count). The fourth-order valence-corrected chi connectivity index (χ4v) is 0. The molecule has 0 unspecified atom stereocenters. The van der Waals surface area contributed by atoms with E-state index in [0.29, 0.717) is 0 Å². The zero-order valence-corrected chi connectivity index (χ0v) is 4.69. The number of rotatable bonds is 0. The Morgan fingerprint density at radius 1 is 1.43 bits per heavy atom. The van der Waals surface area contributed by atoms with E-state index in [0.717, 1.165) is 6.92 Å². The van der Waals surface area contributed by atoms with E-state index in [1.54, 1.807) is 0 Å². The third-order valence-corrected chi connectivity index (χ3v) is 0. The van der Waals surface area contributed by atoms with Crippen LogP contribution in [-0.4, -0.2) is 16.9 Å². The summed E-state index contributed by atoms with van der Waals surface area (Å²) in [4.78, 5) is 8.89. The average molecular weight is 154 g/mol. The van der Waals surface area contributed by atoms with Crippen molar-refractivity contribution in [1.82, 2.24) is 0 Å². The minimum atomic E-state index is -1.08. The number of carboxylic acid groups (broad SMARTS) is 1. The summed E-state index contributed by atoms with van der Waals surface area (Å²) in [5.74, 6) is -1.08. The predicted octanol–water partition coefficient (Wildman–Crippen LogP) is -2.90. The summed E-state index contributed by atoms with van der Waals surface area (Å²) in [5.41, 5.74) is 0. The molecule has 0 aliphatic carbocycles. The summed E-state index contributed by atoms with van der Waals surface area (Å²) in [6.07, 6.45) is 0. The minimum Gasteiger partial charge on any atom is -0.550 e. The van der Waals surface area contributed by atoms with Crippen LogP contribution in [0.15, 0.2) is 0 Å². The first-order valence-corrected chi connectivity index (χ1v) is 0.908. The SMILES string of the molecule is CC(=O)[O-].O.O.[Co+2]. The topological polar surface area (TPSA) is 103 Å². The van der Waals surface area contributed by atoms with Gasteiger partial charge in [0.15, 0.2) is 0 Å². The monoisotopic (exact) mass is 154 g/mol. The Balaban J connectivity index is -0.0000000150. The number of hydrogen-bond acceptors (Lipinski definition) is 2. The molecular formula is C2H7CoO4+. The van der Waals surface area contributed by atoms with Gasteiger partial charge in [-0.05, 0) is 6.92 Å². The molecule has 7 heavy (non-hydrogen) atoms. The van der Waals surface area contributed by atoms with Crippen molar-refractivity contribution in [2.75, 3.05) is 0 Å². The molecule has 0 saturated heterocycles. The van der Waals surface area contributed by atoms with Gasteiger partial charge in [-0.25, -0.2) is 0 Å². The summed E-state index contributed by atoms with van der Waals surface area (Å²) < 4.78 is 0. The van der Waals surface area contributed by atoms with Crippen LogP contribution in [0.25, 0.3) is 0 Å². The molecule has 4 nitrogen and oxygen atoms in total. The molecule has 0 aromatic heterocycles. The van der Waals surface area contributed by atoms with Crippen LogP contribution >= 0.6 is 0 Å². The number of carbonyl (C=O) groups excluding carboxylic acids is 1. The largest absolute Gasteiger partial charge is 2.00 e. The smallest absolute Gasteiger partial charge is 0.550 e. The van der Waals surface area contributed by atoms with E-state index in [1.165, 1.54) is 0 Å². The van der Waals surface area contributed by atoms with E-state index in [-0.39, 0.29) is 27.7 Å². The van der Waals surface area contributed by atoms with Gasteiger partial charge in [0.1, 0.15) is 0 Å². The van der Waals surface area contributed by atoms with Gasteiger partial charge in [0.05, 0.1) is 0 Å². The van der Waals surface area contributed by atoms with Crippen molar-refractivity contribution in [2.45, 2.75) is 6.92 Å². The van der Waals surface area contributed by atoms with Gasteiger partial charge in [0.25, 0.3) is 0 Å². The molecule has 1 radical (unpaired) electrons. The van der Waals surface area contributed by atoms with Crippen LogP contribution in [0.3, 0.4) is 0 Å². The Morgan fingerprint density at radius 3 is 1.43 bits per heavy atom. The van der Waals surface area contributed by atoms with Crippen LogP contribution < -0.4 is 5.11 Å². The third kappa shape index (κ3) is 8360. The zero-order chi connectivity index (χ0) is 3.58. The summed E-state index contributed by atoms with van der Waals surface area (Å²) in [6.45, 7) is 0.972. The van der Waals surface area contributed by atoms with E-state index >= 15 is 0 Å². The maximum atomic E-state index is 8.89. The Hall–Kier alpha value is -0.104. The second-order valence-electron chi connectivity index (χ2n) is 0.492. The van der Waals surface area contributed by atoms with Crippen molar-refractivity contribution in [2.24, 2.45) is 0 Å². The van der Waals surface area contributed by atoms with Gasteiger partial charge in [-0.15, -0.1) is 0 Å². The first-order chi connectivity index (χ1) is 1.73. The average Bonchev–Trinajstić information content (AvgIpc) is 0.811. The first-order valence-electron chi connectivity index (χ1n) is 0.908. The van der Waals surface area contributed by atoms with Crippen LogP contribution in [0.1, 0.15) is 6.92 Å². The Morgan fingerprint density at radius 2 is 1.43 bits per heavy atom. The summed E-state index contributed by atoms with van der Waals surface area (Å²) in [6, 6.07) is 0. The second-order valence-corrected chi connectivity index (χ2v) is 0.492. The number of aliphatic carboxylic acids is 1. The second kappa shape index (κ2) is 16.9. The van der Waals surface area contributed by atoms with Crippen molar-refractivity contribution >= 4 is 5.97 Å². The molecule has 0 aromatic rings. The molecule has 5 heteroatoms. The fourth-order valence-electron chi connectivity index (χ4n) is 0. The van der Waals surface area contributed by atoms with Crippen LogP contribution in [0.5, 0.6) is 0 Å². The number of carbonyl (C=O) groups is 1. The molecule has 0 bridgehead atoms. The minimum absolute atomic E-state index is 0. The maximum absolute atomic E-state index is 8.89. The number of carboxylic acids is 1. The molecule has 47 valence electrons. The number of hydrogen-bond donors (Lipinski definition) is 0. The Bertz CT molecular complexity index is 32.7. The van der Waals surface area contributed by atoms with Crippen molar-refractivity contribution in [3.05, 3.63) is 0 Å². The quantitative estimate of drug-likeness (QED) is 0.373. The van der Waals surface area contributed by atoms with Crippen LogP contribution in [0.2, 0.25) is 0 Å². The molecule has 0 heterocycles. The van der Waals surface area contributed by atoms with E-state index in [1.807, 2.05) is 0 Å². The summed E-state index contributed by atoms with van der Waals surface area (Å²) >= 11 is 0. The van der Waals surface area contributed by atoms with Gasteiger partial charge < -0.3 is 20.9 Å². The van der Waals surface area contributed by atoms with Crippen LogP contribution in [0, 0.1) is 0 Å². The van der Waals surface area contributed by atoms with Crippen molar-refractivity contribution in [1.29, 1.82) is 0 Å². The van der Waals surface area contributed by atoms with E-state index in [9.17, 15) is 0 Å². The normalized spacial score (nSPS) is 3.57. The van der Waals surface area contributed by atoms with E-state index < -0.39 is 5.97 Å². The molecule has 0 aliphatic heterocycles. The van der Waals surface area contributed by atoms with Crippen molar-refractivity contribution in [3.63, 3.8) is 0 Å². The predicted molar refractivity (Wildman–Crippen MR) is 17.9 cm³/mol. The Labute approximate surface area is 51.3 Å². The van der Waals surface area contributed by atoms with Gasteiger partial charge in [-0.3, -0.25) is 0 Å². The fraction of sp³-hybridized carbons (Fsp3) is 0.500. The van der Waals surface area contributed by atoms with Gasteiger partial charge in [0.2, 0.25) is 0 Å². The summed E-state index contributed by atoms with van der Waals surface area (Å²) in [7, 11) is 0. The molecule has 0 atom stereocenters. The van der Waals surface area contributed by atoms with Crippen LogP contribution in [-0.2, 0) is 21.6 Å². The van der Waals surface area contributed by atoms with Gasteiger partial charge in [-0.1, -0.05) is 0 Å². The summed E-state index contributed by atoms with van der Waals surface area (Å²) in [5, 5.41) is 8.89. The van der Waals surface area contributed by atoms with E-state index in [2.05, 4.69) is 0 Å². The maximum Gasteiger partial charge on any atom is 2.00 e. The first kappa shape index (κ1) is 28.6. The molecule has 0 fully saturated rings. The van der Waals surface area contributed by atoms with Gasteiger partial charge in [0, 0.05) is 5.97 Å². The molecule has 0 spiro atoms. The molecule has 0 aliphatic rings. The molecular weight excluding hydrogens is 147 g/mol. The molecule has 0 amide bonds. The van der Waals surface area contributed by atoms with Gasteiger partial charge >= 0.3 is 16.8 Å². The van der Waals surface area contributed by atoms with Gasteiger partial charge in [-0.2, -0.15) is 0 Å². The molecule has 0 saturated carbocycles. The van der Waals surface area contributed by atoms with E-state index in [4.69, 9.17) is 9.90 Å². The third-order valence-electron chi connectivity index (χ3n) is 0. The molecule has 4 N–H and O–H groups in total. The standard InChI is InChI=1S/C2H4O2.Co.2H2O/c1-2(3)4;;;/h1H3,(H,3,4);;2*1H2/q;+2;;/p-1.